The van der Waals surface area contributed by atoms with Crippen molar-refractivity contribution < 1.29 is 23.4 Å². The van der Waals surface area contributed by atoms with Gasteiger partial charge in [-0.25, -0.2) is 0 Å². The summed E-state index contributed by atoms with van der Waals surface area (Å²) in [4.78, 5) is 3.02. The lowest BCUT2D eigenvalue weighted by Crippen LogP contribution is -2.58. The van der Waals surface area contributed by atoms with E-state index < -0.39 is 46.8 Å². The second-order valence-corrected chi connectivity index (χ2v) is 25.8. The van der Waals surface area contributed by atoms with Crippen LogP contribution in [0.4, 0.5) is 0 Å². The molecule has 1 aliphatic heterocycles. The van der Waals surface area contributed by atoms with Gasteiger partial charge in [-0.2, -0.15) is 0 Å². The van der Waals surface area contributed by atoms with Crippen molar-refractivity contribution in [3.63, 3.8) is 0 Å². The van der Waals surface area contributed by atoms with Crippen LogP contribution in [0, 0.1) is 0 Å². The summed E-state index contributed by atoms with van der Waals surface area (Å²) < 4.78 is 27.5. The highest BCUT2D eigenvalue weighted by Crippen LogP contribution is 2.44. The summed E-state index contributed by atoms with van der Waals surface area (Å²) in [7, 11) is -4.51. The molecule has 1 N–H and O–H groups in total. The maximum Gasteiger partial charge on any atom is 0.192 e. The molecule has 43 heavy (non-hydrogen) atoms. The second kappa shape index (κ2) is 17.5. The van der Waals surface area contributed by atoms with Gasteiger partial charge in [-0.1, -0.05) is 118 Å². The van der Waals surface area contributed by atoms with Crippen molar-refractivity contribution in [1.82, 2.24) is 0 Å². The molecular formula is C33H69N3O5Si2. The summed E-state index contributed by atoms with van der Waals surface area (Å²) in [5, 5.41) is 14.1. The Hall–Kier alpha value is -0.456. The Bertz CT molecular complexity index is 850. The number of ether oxygens (including phenoxy) is 2. The topological polar surface area (TPSA) is 106 Å². The minimum absolute atomic E-state index is 0.0228. The van der Waals surface area contributed by atoms with Gasteiger partial charge in [-0.3, -0.25) is 0 Å². The van der Waals surface area contributed by atoms with Gasteiger partial charge in [0.05, 0.1) is 24.9 Å². The first kappa shape index (κ1) is 40.6. The molecular weight excluding hydrogens is 575 g/mol. The van der Waals surface area contributed by atoms with Gasteiger partial charge in [0.1, 0.15) is 12.2 Å². The third kappa shape index (κ3) is 13.1. The predicted octanol–water partition coefficient (Wildman–Crippen LogP) is 10.3. The zero-order valence-electron chi connectivity index (χ0n) is 30.3. The molecule has 1 saturated heterocycles. The Labute approximate surface area is 267 Å². The zero-order chi connectivity index (χ0) is 33.1. The monoisotopic (exact) mass is 643 g/mol. The SMILES string of the molecule is CCCCCCCCCCCC[C@H](O[Si](C)(C)C(C)(C)C)[C@H](O[Si](C)(C)C(C)(C)C)[C@H]1OC(C)(C)O[C@H]1[C@H](CO)N=[N+]=[N-]. The normalized spacial score (nSPS) is 21.8. The fourth-order valence-electron chi connectivity index (χ4n) is 5.19. The van der Waals surface area contributed by atoms with Gasteiger partial charge in [-0.05, 0) is 62.1 Å². The summed E-state index contributed by atoms with van der Waals surface area (Å²) in [6.07, 6.45) is 11.8. The molecule has 0 bridgehead atoms. The van der Waals surface area contributed by atoms with Crippen molar-refractivity contribution in [2.75, 3.05) is 6.61 Å². The largest absolute Gasteiger partial charge is 0.411 e. The Kier molecular flexibility index (Phi) is 16.5. The van der Waals surface area contributed by atoms with Crippen LogP contribution < -0.4 is 0 Å². The Balaban J connectivity index is 3.37. The first-order valence-electron chi connectivity index (χ1n) is 17.1. The van der Waals surface area contributed by atoms with Crippen molar-refractivity contribution >= 4 is 16.6 Å². The van der Waals surface area contributed by atoms with Crippen LogP contribution >= 0.6 is 0 Å². The van der Waals surface area contributed by atoms with Crippen LogP contribution in [-0.4, -0.2) is 64.6 Å². The molecule has 1 fully saturated rings. The van der Waals surface area contributed by atoms with Gasteiger partial charge in [0.25, 0.3) is 0 Å². The fraction of sp³-hybridized carbons (Fsp3) is 1.00. The third-order valence-corrected chi connectivity index (χ3v) is 18.9. The van der Waals surface area contributed by atoms with Gasteiger partial charge < -0.3 is 23.4 Å². The van der Waals surface area contributed by atoms with Gasteiger partial charge in [0.2, 0.25) is 0 Å². The molecule has 254 valence electrons. The van der Waals surface area contributed by atoms with Crippen molar-refractivity contribution in [3.8, 4) is 0 Å². The summed E-state index contributed by atoms with van der Waals surface area (Å²) in [5.74, 6) is -0.915. The van der Waals surface area contributed by atoms with E-state index in [4.69, 9.17) is 18.3 Å². The van der Waals surface area contributed by atoms with Crippen LogP contribution in [0.1, 0.15) is 133 Å². The molecule has 0 aromatic carbocycles. The van der Waals surface area contributed by atoms with Crippen molar-refractivity contribution in [2.24, 2.45) is 5.11 Å². The average Bonchev–Trinajstić information content (AvgIpc) is 3.19. The molecule has 5 atom stereocenters. The Morgan fingerprint density at radius 1 is 0.791 bits per heavy atom. The van der Waals surface area contributed by atoms with E-state index in [1.807, 2.05) is 13.8 Å². The van der Waals surface area contributed by atoms with Crippen molar-refractivity contribution in [2.45, 2.75) is 205 Å². The molecule has 1 aliphatic rings. The minimum Gasteiger partial charge on any atom is -0.411 e. The molecule has 0 unspecified atom stereocenters. The smallest absolute Gasteiger partial charge is 0.192 e. The highest BCUT2D eigenvalue weighted by Gasteiger charge is 2.54. The lowest BCUT2D eigenvalue weighted by atomic mass is 9.95. The Morgan fingerprint density at radius 3 is 1.67 bits per heavy atom. The maximum absolute atomic E-state index is 10.2. The molecule has 0 amide bonds. The Morgan fingerprint density at radius 2 is 1.23 bits per heavy atom. The summed E-state index contributed by atoms with van der Waals surface area (Å²) >= 11 is 0. The molecule has 0 aliphatic carbocycles. The van der Waals surface area contributed by atoms with E-state index in [0.29, 0.717) is 0 Å². The molecule has 0 spiro atoms. The van der Waals surface area contributed by atoms with E-state index in [0.717, 1.165) is 19.3 Å². The number of rotatable bonds is 20. The van der Waals surface area contributed by atoms with Gasteiger partial charge in [0.15, 0.2) is 22.4 Å². The van der Waals surface area contributed by atoms with Crippen LogP contribution in [0.15, 0.2) is 5.11 Å². The van der Waals surface area contributed by atoms with Crippen LogP contribution in [0.2, 0.25) is 36.3 Å². The number of unbranched alkanes of at least 4 members (excludes halogenated alkanes) is 9. The maximum atomic E-state index is 10.2. The van der Waals surface area contributed by atoms with E-state index in [1.165, 1.54) is 51.4 Å². The molecule has 0 radical (unpaired) electrons. The molecule has 0 aromatic heterocycles. The molecule has 0 saturated carbocycles. The number of hydrogen-bond acceptors (Lipinski definition) is 6. The number of aliphatic hydroxyl groups excluding tert-OH is 1. The van der Waals surface area contributed by atoms with Crippen molar-refractivity contribution in [3.05, 3.63) is 10.4 Å². The standard InChI is InChI=1S/C33H69N3O5Si2/c1-14-15-16-17-18-19-20-21-22-23-24-27(40-42(10,11)31(2,3)4)29(41-43(12,13)32(5,6)7)30-28(26(25-37)35-36-34)38-33(8,9)39-30/h26-30,37H,14-25H2,1-13H3/t26-,27-,28-,29-,30-/m0/s1. The van der Waals surface area contributed by atoms with Crippen LogP contribution in [0.25, 0.3) is 10.4 Å². The van der Waals surface area contributed by atoms with Crippen LogP contribution in [0.5, 0.6) is 0 Å². The minimum atomic E-state index is -2.30. The van der Waals surface area contributed by atoms with Gasteiger partial charge >= 0.3 is 0 Å². The summed E-state index contributed by atoms with van der Waals surface area (Å²) in [5.41, 5.74) is 9.29. The highest BCUT2D eigenvalue weighted by atomic mass is 28.4. The van der Waals surface area contributed by atoms with E-state index in [1.54, 1.807) is 0 Å². The van der Waals surface area contributed by atoms with Crippen LogP contribution in [-0.2, 0) is 18.3 Å². The highest BCUT2D eigenvalue weighted by molar-refractivity contribution is 6.74. The number of nitrogens with zero attached hydrogens (tertiary/aromatic N) is 3. The van der Waals surface area contributed by atoms with E-state index in [9.17, 15) is 10.6 Å². The molecule has 1 rings (SSSR count). The third-order valence-electron chi connectivity index (χ3n) is 9.95. The molecule has 1 heterocycles. The van der Waals surface area contributed by atoms with E-state index >= 15 is 0 Å². The lowest BCUT2D eigenvalue weighted by molar-refractivity contribution is -0.161. The van der Waals surface area contributed by atoms with E-state index in [-0.39, 0.29) is 22.8 Å². The average molecular weight is 644 g/mol. The van der Waals surface area contributed by atoms with Gasteiger partial charge in [0, 0.05) is 4.91 Å². The van der Waals surface area contributed by atoms with Crippen LogP contribution in [0.3, 0.4) is 0 Å². The molecule has 8 nitrogen and oxygen atoms in total. The molecule has 0 aromatic rings. The molecule has 10 heteroatoms. The predicted molar refractivity (Wildman–Crippen MR) is 184 cm³/mol. The number of hydrogen-bond donors (Lipinski definition) is 1. The summed E-state index contributed by atoms with van der Waals surface area (Å²) in [6, 6.07) is -0.784. The first-order chi connectivity index (χ1) is 19.7. The second-order valence-electron chi connectivity index (χ2n) is 16.2. The van der Waals surface area contributed by atoms with Gasteiger partial charge in [-0.15, -0.1) is 0 Å². The quantitative estimate of drug-likeness (QED) is 0.0467. The number of aliphatic hydroxyl groups is 1. The van der Waals surface area contributed by atoms with E-state index in [2.05, 4.69) is 84.7 Å². The first-order valence-corrected chi connectivity index (χ1v) is 22.9. The van der Waals surface area contributed by atoms with Crippen molar-refractivity contribution in [1.29, 1.82) is 0 Å². The summed E-state index contributed by atoms with van der Waals surface area (Å²) in [6.45, 7) is 28.3. The lowest BCUT2D eigenvalue weighted by Gasteiger charge is -2.47. The number of azide groups is 1. The fourth-order valence-corrected chi connectivity index (χ4v) is 7.87. The zero-order valence-corrected chi connectivity index (χ0v) is 32.3.